The van der Waals surface area contributed by atoms with Gasteiger partial charge in [-0.25, -0.2) is 0 Å². The average molecular weight is 359 g/mol. The lowest BCUT2D eigenvalue weighted by Gasteiger charge is -2.57. The minimum Gasteiger partial charge on any atom is -0.495 e. The smallest absolute Gasteiger partial charge is 0.133 e. The maximum atomic E-state index is 12.2. The van der Waals surface area contributed by atoms with E-state index in [-0.39, 0.29) is 16.7 Å². The summed E-state index contributed by atoms with van der Waals surface area (Å²) in [5.74, 6) is 3.31. The first-order valence-corrected chi connectivity index (χ1v) is 10.5. The van der Waals surface area contributed by atoms with Gasteiger partial charge in [0.2, 0.25) is 0 Å². The maximum absolute atomic E-state index is 12.2. The minimum absolute atomic E-state index is 0.0403. The lowest BCUT2D eigenvalue weighted by atomic mass is 9.47. The molecule has 0 aromatic rings. The molecule has 4 rings (SSSR count). The number of fused-ring (bicyclic) bond motifs is 5. The van der Waals surface area contributed by atoms with Gasteiger partial charge in [-0.2, -0.15) is 0 Å². The second-order valence-electron chi connectivity index (χ2n) is 9.67. The van der Waals surface area contributed by atoms with Crippen LogP contribution in [0.15, 0.2) is 23.5 Å². The number of rotatable bonds is 3. The molecule has 3 heteroatoms. The van der Waals surface area contributed by atoms with Crippen molar-refractivity contribution in [2.75, 3.05) is 6.61 Å². The van der Waals surface area contributed by atoms with E-state index < -0.39 is 6.10 Å². The topological polar surface area (TPSA) is 46.5 Å². The van der Waals surface area contributed by atoms with E-state index in [4.69, 9.17) is 4.74 Å². The van der Waals surface area contributed by atoms with Crippen molar-refractivity contribution in [1.82, 2.24) is 0 Å². The molecule has 0 spiro atoms. The van der Waals surface area contributed by atoms with Crippen molar-refractivity contribution < 1.29 is 14.6 Å². The van der Waals surface area contributed by atoms with Crippen LogP contribution in [0, 0.1) is 34.5 Å². The number of carbonyl (C=O) groups is 1. The Hall–Kier alpha value is -1.09. The van der Waals surface area contributed by atoms with Crippen LogP contribution in [0.3, 0.4) is 0 Å². The molecular weight excluding hydrogens is 324 g/mol. The number of hydrogen-bond acceptors (Lipinski definition) is 3. The van der Waals surface area contributed by atoms with Crippen LogP contribution in [0.2, 0.25) is 0 Å². The number of ether oxygens (including phenoxy) is 1. The first kappa shape index (κ1) is 18.3. The molecule has 144 valence electrons. The highest BCUT2D eigenvalue weighted by Gasteiger charge is 2.59. The summed E-state index contributed by atoms with van der Waals surface area (Å²) < 4.78 is 5.68. The molecule has 0 aliphatic heterocycles. The van der Waals surface area contributed by atoms with E-state index in [0.29, 0.717) is 30.1 Å². The molecule has 2 fully saturated rings. The van der Waals surface area contributed by atoms with Gasteiger partial charge in [-0.1, -0.05) is 19.9 Å². The SMILES string of the molecule is CCOC1=CC2=CC[C@H]3[C@@H]4CC[C@H](C(C)=O)[C@@]4(C)CC[C@@H]3[C@@]2(C)CC1O. The Labute approximate surface area is 157 Å². The van der Waals surface area contributed by atoms with Gasteiger partial charge < -0.3 is 9.84 Å². The Kier molecular flexibility index (Phi) is 4.38. The Morgan fingerprint density at radius 2 is 2.04 bits per heavy atom. The second-order valence-corrected chi connectivity index (χ2v) is 9.67. The molecule has 0 heterocycles. The number of Topliss-reactive ketones (excluding diaryl/α,β-unsaturated/α-hetero) is 1. The van der Waals surface area contributed by atoms with Crippen LogP contribution in [0.25, 0.3) is 0 Å². The first-order chi connectivity index (χ1) is 12.3. The second kappa shape index (κ2) is 6.22. The van der Waals surface area contributed by atoms with Gasteiger partial charge in [0.05, 0.1) is 6.61 Å². The predicted octanol–water partition coefficient (Wildman–Crippen LogP) is 4.66. The normalized spacial score (nSPS) is 47.2. The summed E-state index contributed by atoms with van der Waals surface area (Å²) in [7, 11) is 0. The van der Waals surface area contributed by atoms with E-state index in [1.165, 1.54) is 18.4 Å². The Bertz CT molecular complexity index is 662. The van der Waals surface area contributed by atoms with Crippen molar-refractivity contribution >= 4 is 5.78 Å². The molecule has 0 aromatic heterocycles. The summed E-state index contributed by atoms with van der Waals surface area (Å²) in [6.07, 6.45) is 10.5. The average Bonchev–Trinajstić information content (AvgIpc) is 2.93. The van der Waals surface area contributed by atoms with Gasteiger partial charge in [-0.15, -0.1) is 0 Å². The molecule has 0 bridgehead atoms. The highest BCUT2D eigenvalue weighted by Crippen LogP contribution is 2.66. The number of allylic oxidation sites excluding steroid dienone is 3. The minimum atomic E-state index is -0.488. The van der Waals surface area contributed by atoms with Gasteiger partial charge in [0, 0.05) is 5.92 Å². The van der Waals surface area contributed by atoms with E-state index in [9.17, 15) is 9.90 Å². The molecule has 4 aliphatic rings. The Morgan fingerprint density at radius 1 is 1.27 bits per heavy atom. The molecule has 3 nitrogen and oxygen atoms in total. The zero-order valence-electron chi connectivity index (χ0n) is 16.8. The maximum Gasteiger partial charge on any atom is 0.133 e. The van der Waals surface area contributed by atoms with Gasteiger partial charge in [0.15, 0.2) is 0 Å². The van der Waals surface area contributed by atoms with Crippen molar-refractivity contribution in [1.29, 1.82) is 0 Å². The standard InChI is InChI=1S/C23H34O3/c1-5-26-21-12-15-6-7-16-18-9-8-17(14(2)24)22(18,3)11-10-19(16)23(15,4)13-20(21)25/h6,12,16-20,25H,5,7-11,13H2,1-4H3/t16-,17+,18-,19-,20?,22+,23-/m0/s1. The van der Waals surface area contributed by atoms with Crippen LogP contribution in [-0.2, 0) is 9.53 Å². The molecule has 2 saturated carbocycles. The Morgan fingerprint density at radius 3 is 2.73 bits per heavy atom. The number of ketones is 1. The number of carbonyl (C=O) groups excluding carboxylic acids is 1. The van der Waals surface area contributed by atoms with Gasteiger partial charge in [0.25, 0.3) is 0 Å². The van der Waals surface area contributed by atoms with Crippen molar-refractivity contribution in [2.24, 2.45) is 34.5 Å². The van der Waals surface area contributed by atoms with E-state index in [2.05, 4.69) is 26.0 Å². The van der Waals surface area contributed by atoms with Crippen molar-refractivity contribution in [3.8, 4) is 0 Å². The number of hydrogen-bond donors (Lipinski definition) is 1. The third kappa shape index (κ3) is 2.46. The third-order valence-corrected chi connectivity index (χ3v) is 8.57. The predicted molar refractivity (Wildman–Crippen MR) is 102 cm³/mol. The lowest BCUT2D eigenvalue weighted by Crippen LogP contribution is -2.51. The molecule has 0 radical (unpaired) electrons. The zero-order valence-corrected chi connectivity index (χ0v) is 16.8. The highest BCUT2D eigenvalue weighted by molar-refractivity contribution is 5.79. The van der Waals surface area contributed by atoms with E-state index in [1.807, 2.05) is 6.92 Å². The van der Waals surface area contributed by atoms with Gasteiger partial charge in [-0.3, -0.25) is 4.79 Å². The molecule has 0 saturated heterocycles. The van der Waals surface area contributed by atoms with Crippen LogP contribution >= 0.6 is 0 Å². The zero-order chi connectivity index (χ0) is 18.7. The molecule has 4 aliphatic carbocycles. The van der Waals surface area contributed by atoms with Crippen molar-refractivity contribution in [2.45, 2.75) is 72.3 Å². The molecule has 1 unspecified atom stereocenters. The lowest BCUT2D eigenvalue weighted by molar-refractivity contribution is -0.127. The summed E-state index contributed by atoms with van der Waals surface area (Å²) in [4.78, 5) is 12.2. The van der Waals surface area contributed by atoms with Crippen molar-refractivity contribution in [3.63, 3.8) is 0 Å². The Balaban J connectivity index is 1.67. The van der Waals surface area contributed by atoms with Crippen LogP contribution in [0.1, 0.15) is 66.2 Å². The van der Waals surface area contributed by atoms with E-state index in [0.717, 1.165) is 31.4 Å². The summed E-state index contributed by atoms with van der Waals surface area (Å²) in [5.41, 5.74) is 1.60. The monoisotopic (exact) mass is 358 g/mol. The van der Waals surface area contributed by atoms with Crippen molar-refractivity contribution in [3.05, 3.63) is 23.5 Å². The van der Waals surface area contributed by atoms with Crippen LogP contribution in [0.5, 0.6) is 0 Å². The quantitative estimate of drug-likeness (QED) is 0.798. The number of aliphatic hydroxyl groups is 1. The molecule has 7 atom stereocenters. The van der Waals surface area contributed by atoms with Gasteiger partial charge in [0.1, 0.15) is 17.6 Å². The molecule has 1 N–H and O–H groups in total. The fourth-order valence-corrected chi connectivity index (χ4v) is 7.33. The first-order valence-electron chi connectivity index (χ1n) is 10.5. The summed E-state index contributed by atoms with van der Waals surface area (Å²) in [5, 5.41) is 10.7. The van der Waals surface area contributed by atoms with Gasteiger partial charge >= 0.3 is 0 Å². The molecule has 0 amide bonds. The van der Waals surface area contributed by atoms with E-state index >= 15 is 0 Å². The van der Waals surface area contributed by atoms with Crippen LogP contribution < -0.4 is 0 Å². The largest absolute Gasteiger partial charge is 0.495 e. The molecule has 0 aromatic carbocycles. The molecule has 26 heavy (non-hydrogen) atoms. The number of aliphatic hydroxyl groups excluding tert-OH is 1. The summed E-state index contributed by atoms with van der Waals surface area (Å²) in [6.45, 7) is 9.11. The van der Waals surface area contributed by atoms with Crippen LogP contribution in [-0.4, -0.2) is 23.6 Å². The van der Waals surface area contributed by atoms with Gasteiger partial charge in [-0.05, 0) is 92.6 Å². The summed E-state index contributed by atoms with van der Waals surface area (Å²) >= 11 is 0. The van der Waals surface area contributed by atoms with E-state index in [1.54, 1.807) is 6.92 Å². The summed E-state index contributed by atoms with van der Waals surface area (Å²) in [6, 6.07) is 0. The fourth-order valence-electron chi connectivity index (χ4n) is 7.33. The third-order valence-electron chi connectivity index (χ3n) is 8.57. The fraction of sp³-hybridized carbons (Fsp3) is 0.783. The highest BCUT2D eigenvalue weighted by atomic mass is 16.5. The van der Waals surface area contributed by atoms with Crippen LogP contribution in [0.4, 0.5) is 0 Å². The molecular formula is C23H34O3.